The van der Waals surface area contributed by atoms with Crippen molar-refractivity contribution in [1.29, 1.82) is 0 Å². The lowest BCUT2D eigenvalue weighted by molar-refractivity contribution is 0.379. The smallest absolute Gasteiger partial charge is 0.0882 e. The standard InChI is InChI=1S/C21H26O/c1-2-3-12-21(22)13-8-7-9-18-14-16-20(17-15-18)19-10-5-4-6-11-19/h4-6,10-12,14-17,22H,2-3,7-9,13H2,1H3/b21-12+. The van der Waals surface area contributed by atoms with E-state index in [-0.39, 0.29) is 0 Å². The van der Waals surface area contributed by atoms with Gasteiger partial charge in [-0.1, -0.05) is 67.9 Å². The Labute approximate surface area is 134 Å². The summed E-state index contributed by atoms with van der Waals surface area (Å²) in [7, 11) is 0. The van der Waals surface area contributed by atoms with Crippen LogP contribution in [0.5, 0.6) is 0 Å². The van der Waals surface area contributed by atoms with Crippen LogP contribution in [0.15, 0.2) is 66.4 Å². The number of hydrogen-bond acceptors (Lipinski definition) is 1. The Morgan fingerprint density at radius 3 is 2.27 bits per heavy atom. The van der Waals surface area contributed by atoms with Crippen LogP contribution in [-0.2, 0) is 6.42 Å². The maximum Gasteiger partial charge on any atom is 0.0882 e. The van der Waals surface area contributed by atoms with Gasteiger partial charge in [-0.2, -0.15) is 0 Å². The highest BCUT2D eigenvalue weighted by Crippen LogP contribution is 2.20. The molecule has 0 radical (unpaired) electrons. The molecule has 0 amide bonds. The van der Waals surface area contributed by atoms with Crippen molar-refractivity contribution in [1.82, 2.24) is 0 Å². The van der Waals surface area contributed by atoms with Gasteiger partial charge in [0, 0.05) is 6.42 Å². The van der Waals surface area contributed by atoms with Crippen molar-refractivity contribution in [3.05, 3.63) is 72.0 Å². The van der Waals surface area contributed by atoms with Crippen molar-refractivity contribution >= 4 is 0 Å². The number of aliphatic hydroxyl groups is 1. The molecule has 0 aromatic heterocycles. The summed E-state index contributed by atoms with van der Waals surface area (Å²) in [6.07, 6.45) is 8.08. The second kappa shape index (κ2) is 9.09. The molecule has 0 fully saturated rings. The quantitative estimate of drug-likeness (QED) is 0.447. The van der Waals surface area contributed by atoms with Gasteiger partial charge in [-0.15, -0.1) is 0 Å². The van der Waals surface area contributed by atoms with Crippen LogP contribution in [0.25, 0.3) is 11.1 Å². The molecule has 1 nitrogen and oxygen atoms in total. The number of aliphatic hydroxyl groups excluding tert-OH is 1. The Balaban J connectivity index is 1.78. The SMILES string of the molecule is CCC/C=C(/O)CCCCc1ccc(-c2ccccc2)cc1. The van der Waals surface area contributed by atoms with Gasteiger partial charge in [0.1, 0.15) is 0 Å². The van der Waals surface area contributed by atoms with E-state index in [0.29, 0.717) is 5.76 Å². The third-order valence-corrected chi connectivity index (χ3v) is 3.88. The van der Waals surface area contributed by atoms with Crippen LogP contribution in [0.2, 0.25) is 0 Å². The maximum absolute atomic E-state index is 9.70. The van der Waals surface area contributed by atoms with Gasteiger partial charge in [-0.05, 0) is 48.4 Å². The molecule has 0 bridgehead atoms. The fourth-order valence-electron chi connectivity index (χ4n) is 2.54. The van der Waals surface area contributed by atoms with Gasteiger partial charge in [0.2, 0.25) is 0 Å². The molecule has 1 heteroatoms. The van der Waals surface area contributed by atoms with E-state index in [0.717, 1.165) is 38.5 Å². The van der Waals surface area contributed by atoms with Gasteiger partial charge < -0.3 is 5.11 Å². The number of aryl methyl sites for hydroxylation is 1. The highest BCUT2D eigenvalue weighted by Gasteiger charge is 1.99. The molecule has 1 N–H and O–H groups in total. The zero-order valence-corrected chi connectivity index (χ0v) is 13.5. The fourth-order valence-corrected chi connectivity index (χ4v) is 2.54. The molecular formula is C21H26O. The largest absolute Gasteiger partial charge is 0.513 e. The molecule has 116 valence electrons. The highest BCUT2D eigenvalue weighted by molar-refractivity contribution is 5.63. The Kier molecular flexibility index (Phi) is 6.76. The van der Waals surface area contributed by atoms with E-state index in [1.807, 2.05) is 12.1 Å². The molecule has 0 saturated heterocycles. The molecule has 0 unspecified atom stereocenters. The summed E-state index contributed by atoms with van der Waals surface area (Å²) in [6, 6.07) is 19.3. The third kappa shape index (κ3) is 5.40. The minimum atomic E-state index is 0.557. The second-order valence-electron chi connectivity index (χ2n) is 5.75. The monoisotopic (exact) mass is 294 g/mol. The Hall–Kier alpha value is -2.02. The van der Waals surface area contributed by atoms with Crippen molar-refractivity contribution < 1.29 is 5.11 Å². The first-order valence-electron chi connectivity index (χ1n) is 8.32. The highest BCUT2D eigenvalue weighted by atomic mass is 16.3. The van der Waals surface area contributed by atoms with Crippen molar-refractivity contribution in [2.24, 2.45) is 0 Å². The average Bonchev–Trinajstić information content (AvgIpc) is 2.58. The minimum absolute atomic E-state index is 0.557. The Morgan fingerprint density at radius 1 is 0.909 bits per heavy atom. The van der Waals surface area contributed by atoms with Gasteiger partial charge in [0.15, 0.2) is 0 Å². The van der Waals surface area contributed by atoms with Crippen molar-refractivity contribution in [3.63, 3.8) is 0 Å². The van der Waals surface area contributed by atoms with E-state index in [4.69, 9.17) is 0 Å². The molecule has 22 heavy (non-hydrogen) atoms. The molecule has 2 aromatic carbocycles. The first kappa shape index (κ1) is 16.4. The summed E-state index contributed by atoms with van der Waals surface area (Å²) in [5.41, 5.74) is 3.90. The maximum atomic E-state index is 9.70. The van der Waals surface area contributed by atoms with E-state index in [1.54, 1.807) is 0 Å². The minimum Gasteiger partial charge on any atom is -0.513 e. The summed E-state index contributed by atoms with van der Waals surface area (Å²) in [4.78, 5) is 0. The number of unbranched alkanes of at least 4 members (excludes halogenated alkanes) is 2. The van der Waals surface area contributed by atoms with Crippen LogP contribution in [0, 0.1) is 0 Å². The van der Waals surface area contributed by atoms with E-state index in [2.05, 4.69) is 55.5 Å². The molecule has 0 aliphatic heterocycles. The lowest BCUT2D eigenvalue weighted by atomic mass is 10.0. The Bertz CT molecular complexity index is 567. The van der Waals surface area contributed by atoms with Gasteiger partial charge in [0.25, 0.3) is 0 Å². The first-order valence-corrected chi connectivity index (χ1v) is 8.32. The zero-order valence-electron chi connectivity index (χ0n) is 13.5. The molecule has 0 heterocycles. The lowest BCUT2D eigenvalue weighted by Crippen LogP contribution is -1.88. The average molecular weight is 294 g/mol. The van der Waals surface area contributed by atoms with Crippen LogP contribution in [0.4, 0.5) is 0 Å². The second-order valence-corrected chi connectivity index (χ2v) is 5.75. The first-order chi connectivity index (χ1) is 10.8. The Morgan fingerprint density at radius 2 is 1.59 bits per heavy atom. The fraction of sp³-hybridized carbons (Fsp3) is 0.333. The van der Waals surface area contributed by atoms with Crippen LogP contribution in [-0.4, -0.2) is 5.11 Å². The van der Waals surface area contributed by atoms with Crippen LogP contribution in [0.3, 0.4) is 0 Å². The normalized spacial score (nSPS) is 11.6. The van der Waals surface area contributed by atoms with Gasteiger partial charge in [-0.3, -0.25) is 0 Å². The zero-order chi connectivity index (χ0) is 15.6. The van der Waals surface area contributed by atoms with E-state index >= 15 is 0 Å². The topological polar surface area (TPSA) is 20.2 Å². The van der Waals surface area contributed by atoms with Gasteiger partial charge >= 0.3 is 0 Å². The van der Waals surface area contributed by atoms with Crippen molar-refractivity contribution in [2.75, 3.05) is 0 Å². The molecule has 0 spiro atoms. The van der Waals surface area contributed by atoms with Crippen LogP contribution < -0.4 is 0 Å². The van der Waals surface area contributed by atoms with Gasteiger partial charge in [-0.25, -0.2) is 0 Å². The van der Waals surface area contributed by atoms with Crippen molar-refractivity contribution in [3.8, 4) is 11.1 Å². The lowest BCUT2D eigenvalue weighted by Gasteiger charge is -2.05. The third-order valence-electron chi connectivity index (χ3n) is 3.88. The number of hydrogen-bond donors (Lipinski definition) is 1. The van der Waals surface area contributed by atoms with E-state index in [9.17, 15) is 5.11 Å². The molecule has 2 rings (SSSR count). The molecule has 0 aliphatic rings. The predicted octanol–water partition coefficient (Wildman–Crippen LogP) is 6.31. The summed E-state index contributed by atoms with van der Waals surface area (Å²) >= 11 is 0. The van der Waals surface area contributed by atoms with E-state index in [1.165, 1.54) is 16.7 Å². The number of allylic oxidation sites excluding steroid dienone is 2. The predicted molar refractivity (Wildman–Crippen MR) is 95.1 cm³/mol. The van der Waals surface area contributed by atoms with E-state index < -0.39 is 0 Å². The summed E-state index contributed by atoms with van der Waals surface area (Å²) in [6.45, 7) is 2.13. The summed E-state index contributed by atoms with van der Waals surface area (Å²) in [5, 5.41) is 9.70. The van der Waals surface area contributed by atoms with Crippen LogP contribution in [0.1, 0.15) is 44.6 Å². The summed E-state index contributed by atoms with van der Waals surface area (Å²) < 4.78 is 0. The number of benzene rings is 2. The molecule has 0 atom stereocenters. The van der Waals surface area contributed by atoms with Crippen molar-refractivity contribution in [2.45, 2.75) is 45.4 Å². The molecule has 2 aromatic rings. The summed E-state index contributed by atoms with van der Waals surface area (Å²) in [5.74, 6) is 0.557. The number of rotatable bonds is 8. The molecule has 0 saturated carbocycles. The van der Waals surface area contributed by atoms with Crippen LogP contribution >= 0.6 is 0 Å². The van der Waals surface area contributed by atoms with Gasteiger partial charge in [0.05, 0.1) is 5.76 Å². The molecular weight excluding hydrogens is 268 g/mol. The molecule has 0 aliphatic carbocycles.